The number of morpholine rings is 1. The van der Waals surface area contributed by atoms with Gasteiger partial charge in [0.1, 0.15) is 6.04 Å². The van der Waals surface area contributed by atoms with Crippen molar-refractivity contribution in [3.8, 4) is 0 Å². The van der Waals surface area contributed by atoms with Crippen molar-refractivity contribution in [2.45, 2.75) is 24.5 Å². The molecule has 0 spiro atoms. The Labute approximate surface area is 132 Å². The topological polar surface area (TPSA) is 157 Å². The summed E-state index contributed by atoms with van der Waals surface area (Å²) in [4.78, 5) is 35.2. The van der Waals surface area contributed by atoms with Crippen LogP contribution in [0.4, 0.5) is 0 Å². The Kier molecular flexibility index (Phi) is 7.36. The van der Waals surface area contributed by atoms with Gasteiger partial charge in [0.25, 0.3) is 0 Å². The average molecular weight is 334 g/mol. The fourth-order valence-electron chi connectivity index (χ4n) is 2.37. The summed E-state index contributed by atoms with van der Waals surface area (Å²) in [5.74, 6) is -5.12. The number of aliphatic carboxylic acids is 3. The summed E-state index contributed by atoms with van der Waals surface area (Å²) in [7, 11) is 0. The average Bonchev–Trinajstić information content (AvgIpc) is 2.46. The Morgan fingerprint density at radius 3 is 2.26 bits per heavy atom. The number of nitrogens with one attached hydrogen (secondary N) is 1. The molecule has 1 aliphatic rings. The molecule has 2 unspecified atom stereocenters. The number of nitrogens with zero attached hydrogens (tertiary/aromatic N) is 1. The lowest BCUT2D eigenvalue weighted by atomic mass is 9.90. The molecule has 0 aromatic carbocycles. The number of carboxylic acids is 3. The van der Waals surface area contributed by atoms with Crippen molar-refractivity contribution in [3.05, 3.63) is 0 Å². The van der Waals surface area contributed by atoms with Crippen LogP contribution in [-0.4, -0.2) is 94.3 Å². The van der Waals surface area contributed by atoms with Gasteiger partial charge >= 0.3 is 17.9 Å². The maximum atomic E-state index is 11.2. The van der Waals surface area contributed by atoms with E-state index < -0.39 is 36.0 Å². The minimum absolute atomic E-state index is 0.129. The van der Waals surface area contributed by atoms with Gasteiger partial charge in [0, 0.05) is 13.1 Å². The summed E-state index contributed by atoms with van der Waals surface area (Å²) in [6.45, 7) is 3.57. The molecule has 0 aromatic heterocycles. The fourth-order valence-corrected chi connectivity index (χ4v) is 2.37. The van der Waals surface area contributed by atoms with Crippen LogP contribution in [0.15, 0.2) is 0 Å². The molecule has 132 valence electrons. The second-order valence-electron chi connectivity index (χ2n) is 5.33. The molecular formula is C13H22N2O8. The number of carbonyl (C=O) groups is 3. The van der Waals surface area contributed by atoms with Gasteiger partial charge in [0.05, 0.1) is 19.6 Å². The van der Waals surface area contributed by atoms with E-state index in [0.717, 1.165) is 13.1 Å². The lowest BCUT2D eigenvalue weighted by Gasteiger charge is -2.30. The van der Waals surface area contributed by atoms with Gasteiger partial charge in [-0.25, -0.2) is 4.79 Å². The number of ether oxygens (including phenoxy) is 1. The molecule has 10 nitrogen and oxygen atoms in total. The van der Waals surface area contributed by atoms with Crippen molar-refractivity contribution in [1.29, 1.82) is 0 Å². The van der Waals surface area contributed by atoms with Crippen molar-refractivity contribution >= 4 is 17.9 Å². The fraction of sp³-hybridized carbons (Fsp3) is 0.769. The molecule has 1 aliphatic heterocycles. The zero-order chi connectivity index (χ0) is 17.5. The van der Waals surface area contributed by atoms with Crippen molar-refractivity contribution in [2.75, 3.05) is 39.4 Å². The molecule has 10 heteroatoms. The zero-order valence-corrected chi connectivity index (χ0v) is 12.6. The van der Waals surface area contributed by atoms with Gasteiger partial charge in [0.15, 0.2) is 5.60 Å². The molecule has 0 bridgehead atoms. The zero-order valence-electron chi connectivity index (χ0n) is 12.6. The maximum absolute atomic E-state index is 11.2. The van der Waals surface area contributed by atoms with E-state index in [2.05, 4.69) is 10.2 Å². The molecule has 1 saturated heterocycles. The van der Waals surface area contributed by atoms with Crippen LogP contribution in [-0.2, 0) is 19.1 Å². The Hall–Kier alpha value is -1.75. The monoisotopic (exact) mass is 334 g/mol. The molecule has 1 rings (SSSR count). The molecule has 2 atom stereocenters. The Morgan fingerprint density at radius 1 is 1.17 bits per heavy atom. The van der Waals surface area contributed by atoms with E-state index in [4.69, 9.17) is 20.1 Å². The number of rotatable bonds is 10. The highest BCUT2D eigenvalue weighted by Crippen LogP contribution is 2.17. The number of carboxylic acid groups (broad SMARTS) is 3. The van der Waals surface area contributed by atoms with Gasteiger partial charge in [-0.15, -0.1) is 0 Å². The van der Waals surface area contributed by atoms with Crippen molar-refractivity contribution in [1.82, 2.24) is 10.2 Å². The molecule has 23 heavy (non-hydrogen) atoms. The van der Waals surface area contributed by atoms with Gasteiger partial charge in [-0.3, -0.25) is 14.5 Å². The summed E-state index contributed by atoms with van der Waals surface area (Å²) in [6.07, 6.45) is -0.692. The predicted molar refractivity (Wildman–Crippen MR) is 76.1 cm³/mol. The van der Waals surface area contributed by atoms with Crippen LogP contribution in [0.25, 0.3) is 0 Å². The normalized spacial score (nSPS) is 19.7. The van der Waals surface area contributed by atoms with Crippen LogP contribution < -0.4 is 5.32 Å². The van der Waals surface area contributed by atoms with E-state index >= 15 is 0 Å². The highest BCUT2D eigenvalue weighted by atomic mass is 16.5. The Morgan fingerprint density at radius 2 is 1.78 bits per heavy atom. The third-order valence-electron chi connectivity index (χ3n) is 3.62. The summed E-state index contributed by atoms with van der Waals surface area (Å²) in [5.41, 5.74) is -2.92. The minimum atomic E-state index is -2.92. The summed E-state index contributed by atoms with van der Waals surface area (Å²) >= 11 is 0. The van der Waals surface area contributed by atoms with Gasteiger partial charge in [-0.2, -0.15) is 0 Å². The molecule has 1 heterocycles. The van der Waals surface area contributed by atoms with Gasteiger partial charge in [-0.05, 0) is 19.5 Å². The first-order valence-electron chi connectivity index (χ1n) is 7.21. The van der Waals surface area contributed by atoms with Gasteiger partial charge in [-0.1, -0.05) is 0 Å². The lowest BCUT2D eigenvalue weighted by Crippen LogP contribution is -2.61. The summed E-state index contributed by atoms with van der Waals surface area (Å²) in [6, 6.07) is -1.92. The third-order valence-corrected chi connectivity index (χ3v) is 3.62. The molecule has 1 fully saturated rings. The third kappa shape index (κ3) is 5.75. The highest BCUT2D eigenvalue weighted by Gasteiger charge is 2.50. The Balaban J connectivity index is 2.57. The smallest absolute Gasteiger partial charge is 0.338 e. The number of aliphatic hydroxyl groups is 1. The molecule has 0 saturated carbocycles. The standard InChI is InChI=1S/C13H22N2O8/c16-9(17)8-13(22,12(20)21)10(11(18)19)14-2-1-3-15-4-6-23-7-5-15/h10,14,22H,1-8H2,(H,16,17)(H,18,19)(H,20,21). The maximum Gasteiger partial charge on any atom is 0.338 e. The van der Waals surface area contributed by atoms with Gasteiger partial charge in [0.2, 0.25) is 0 Å². The van der Waals surface area contributed by atoms with E-state index in [-0.39, 0.29) is 6.54 Å². The van der Waals surface area contributed by atoms with Gasteiger partial charge < -0.3 is 30.5 Å². The van der Waals surface area contributed by atoms with Crippen LogP contribution in [0.3, 0.4) is 0 Å². The molecule has 0 radical (unpaired) electrons. The Bertz CT molecular complexity index is 438. The van der Waals surface area contributed by atoms with Crippen LogP contribution in [0, 0.1) is 0 Å². The summed E-state index contributed by atoms with van der Waals surface area (Å²) in [5, 5.41) is 39.3. The first kappa shape index (κ1) is 19.3. The van der Waals surface area contributed by atoms with E-state index in [1.165, 1.54) is 0 Å². The van der Waals surface area contributed by atoms with Crippen molar-refractivity contribution < 1.29 is 39.5 Å². The molecule has 0 amide bonds. The van der Waals surface area contributed by atoms with Crippen LogP contribution in [0.1, 0.15) is 12.8 Å². The minimum Gasteiger partial charge on any atom is -0.481 e. The molecule has 0 aromatic rings. The summed E-state index contributed by atoms with van der Waals surface area (Å²) < 4.78 is 5.19. The van der Waals surface area contributed by atoms with E-state index in [0.29, 0.717) is 26.2 Å². The first-order chi connectivity index (χ1) is 10.8. The molecule has 5 N–H and O–H groups in total. The molecular weight excluding hydrogens is 312 g/mol. The van der Waals surface area contributed by atoms with Crippen LogP contribution >= 0.6 is 0 Å². The highest BCUT2D eigenvalue weighted by molar-refractivity contribution is 5.91. The van der Waals surface area contributed by atoms with Crippen LogP contribution in [0.2, 0.25) is 0 Å². The van der Waals surface area contributed by atoms with Crippen LogP contribution in [0.5, 0.6) is 0 Å². The first-order valence-corrected chi connectivity index (χ1v) is 7.21. The largest absolute Gasteiger partial charge is 0.481 e. The number of hydrogen-bond acceptors (Lipinski definition) is 7. The van der Waals surface area contributed by atoms with Crippen molar-refractivity contribution in [2.24, 2.45) is 0 Å². The lowest BCUT2D eigenvalue weighted by molar-refractivity contribution is -0.174. The van der Waals surface area contributed by atoms with E-state index in [1.54, 1.807) is 0 Å². The van der Waals surface area contributed by atoms with Crippen molar-refractivity contribution in [3.63, 3.8) is 0 Å². The van der Waals surface area contributed by atoms with E-state index in [9.17, 15) is 19.5 Å². The molecule has 0 aliphatic carbocycles. The second kappa shape index (κ2) is 8.77. The SMILES string of the molecule is O=C(O)CC(O)(C(=O)O)C(NCCCN1CCOCC1)C(=O)O. The second-order valence-corrected chi connectivity index (χ2v) is 5.33. The van der Waals surface area contributed by atoms with E-state index in [1.807, 2.05) is 0 Å². The quantitative estimate of drug-likeness (QED) is 0.284. The number of hydrogen-bond donors (Lipinski definition) is 5. The predicted octanol–water partition coefficient (Wildman–Crippen LogP) is -1.96.